The summed E-state index contributed by atoms with van der Waals surface area (Å²) < 4.78 is 43.0. The molecule has 12 heteroatoms. The maximum atomic E-state index is 12.6. The van der Waals surface area contributed by atoms with E-state index < -0.39 is 46.7 Å². The molecule has 1 atom stereocenters. The molecule has 0 saturated carbocycles. The predicted octanol–water partition coefficient (Wildman–Crippen LogP) is 2.75. The maximum Gasteiger partial charge on any atom is 0.417 e. The molecular weight excluding hydrogens is 405 g/mol. The summed E-state index contributed by atoms with van der Waals surface area (Å²) in [5.74, 6) is -1.75. The minimum absolute atomic E-state index is 0.182. The highest BCUT2D eigenvalue weighted by Gasteiger charge is 2.51. The predicted molar refractivity (Wildman–Crippen MR) is 89.2 cm³/mol. The molecule has 1 unspecified atom stereocenters. The van der Waals surface area contributed by atoms with Crippen molar-refractivity contribution in [3.63, 3.8) is 0 Å². The average Bonchev–Trinajstić information content (AvgIpc) is 3.20. The Bertz CT molecular complexity index is 948. The fourth-order valence-electron chi connectivity index (χ4n) is 2.57. The van der Waals surface area contributed by atoms with E-state index in [1.54, 1.807) is 0 Å². The molecule has 0 radical (unpaired) electrons. The zero-order valence-electron chi connectivity index (χ0n) is 14.1. The van der Waals surface area contributed by atoms with Crippen LogP contribution in [-0.4, -0.2) is 34.3 Å². The van der Waals surface area contributed by atoms with E-state index in [1.807, 2.05) is 0 Å². The Morgan fingerprint density at radius 1 is 1.43 bits per heavy atom. The normalized spacial score (nSPS) is 19.7. The number of aromatic nitrogens is 1. The SMILES string of the molecule is CC1(c2ccco2)NC(=O)N(CC(=O)Nc2ncc(C(F)(F)F)cc2Cl)C1=O. The number of carbonyl (C=O) groups is 3. The number of hydrogen-bond donors (Lipinski definition) is 2. The van der Waals surface area contributed by atoms with Crippen LogP contribution >= 0.6 is 11.6 Å². The molecule has 0 bridgehead atoms. The molecule has 8 nitrogen and oxygen atoms in total. The van der Waals surface area contributed by atoms with Gasteiger partial charge in [0, 0.05) is 6.20 Å². The Balaban J connectivity index is 1.72. The molecule has 0 spiro atoms. The smallest absolute Gasteiger partial charge is 0.417 e. The summed E-state index contributed by atoms with van der Waals surface area (Å²) in [7, 11) is 0. The van der Waals surface area contributed by atoms with Crippen molar-refractivity contribution >= 4 is 35.3 Å². The van der Waals surface area contributed by atoms with Crippen molar-refractivity contribution in [3.8, 4) is 0 Å². The van der Waals surface area contributed by atoms with Crippen LogP contribution in [-0.2, 0) is 21.3 Å². The number of alkyl halides is 3. The number of rotatable bonds is 4. The summed E-state index contributed by atoms with van der Waals surface area (Å²) in [6, 6.07) is 2.80. The Morgan fingerprint density at radius 3 is 2.71 bits per heavy atom. The standard InChI is InChI=1S/C16H12ClF3N4O4/c1-15(10-3-2-4-28-10)13(26)24(14(27)23-15)7-11(25)22-12-9(17)5-8(6-21-12)16(18,19)20/h2-6H,7H2,1H3,(H,23,27)(H,21,22,25). The first-order chi connectivity index (χ1) is 13.0. The first-order valence-corrected chi connectivity index (χ1v) is 8.11. The maximum absolute atomic E-state index is 12.6. The second-order valence-corrected chi connectivity index (χ2v) is 6.43. The van der Waals surface area contributed by atoms with Crippen molar-refractivity contribution in [2.75, 3.05) is 11.9 Å². The fraction of sp³-hybridized carbons (Fsp3) is 0.250. The van der Waals surface area contributed by atoms with E-state index in [9.17, 15) is 27.6 Å². The Hall–Kier alpha value is -3.08. The van der Waals surface area contributed by atoms with Crippen molar-refractivity contribution in [2.45, 2.75) is 18.6 Å². The topological polar surface area (TPSA) is 105 Å². The summed E-state index contributed by atoms with van der Waals surface area (Å²) >= 11 is 5.72. The third kappa shape index (κ3) is 3.52. The lowest BCUT2D eigenvalue weighted by Gasteiger charge is -2.18. The van der Waals surface area contributed by atoms with Crippen molar-refractivity contribution in [1.29, 1.82) is 0 Å². The molecule has 1 fully saturated rings. The Labute approximate surface area is 160 Å². The van der Waals surface area contributed by atoms with Gasteiger partial charge in [0.15, 0.2) is 11.4 Å². The monoisotopic (exact) mass is 416 g/mol. The van der Waals surface area contributed by atoms with E-state index in [1.165, 1.54) is 25.3 Å². The van der Waals surface area contributed by atoms with Crippen LogP contribution in [0, 0.1) is 0 Å². The number of pyridine rings is 1. The van der Waals surface area contributed by atoms with Gasteiger partial charge in [0.1, 0.15) is 12.3 Å². The molecule has 3 heterocycles. The van der Waals surface area contributed by atoms with Crippen LogP contribution in [0.5, 0.6) is 0 Å². The van der Waals surface area contributed by atoms with Crippen LogP contribution in [0.1, 0.15) is 18.2 Å². The number of nitrogens with one attached hydrogen (secondary N) is 2. The zero-order chi connectivity index (χ0) is 20.7. The average molecular weight is 417 g/mol. The molecular formula is C16H12ClF3N4O4. The van der Waals surface area contributed by atoms with Crippen LogP contribution in [0.4, 0.5) is 23.8 Å². The van der Waals surface area contributed by atoms with Gasteiger partial charge in [-0.25, -0.2) is 9.78 Å². The minimum Gasteiger partial charge on any atom is -0.466 e. The number of imide groups is 1. The molecule has 2 aromatic rings. The third-order valence-electron chi connectivity index (χ3n) is 4.02. The van der Waals surface area contributed by atoms with Crippen molar-refractivity contribution in [2.24, 2.45) is 0 Å². The summed E-state index contributed by atoms with van der Waals surface area (Å²) in [5.41, 5.74) is -2.57. The molecule has 4 amide bonds. The highest BCUT2D eigenvalue weighted by molar-refractivity contribution is 6.33. The first kappa shape index (κ1) is 19.7. The number of hydrogen-bond acceptors (Lipinski definition) is 5. The quantitative estimate of drug-likeness (QED) is 0.746. The van der Waals surface area contributed by atoms with Crippen molar-refractivity contribution < 1.29 is 32.0 Å². The lowest BCUT2D eigenvalue weighted by atomic mass is 9.99. The summed E-state index contributed by atoms with van der Waals surface area (Å²) in [5, 5.41) is 4.16. The van der Waals surface area contributed by atoms with Crippen molar-refractivity contribution in [3.05, 3.63) is 47.0 Å². The van der Waals surface area contributed by atoms with Gasteiger partial charge in [-0.1, -0.05) is 11.6 Å². The first-order valence-electron chi connectivity index (χ1n) is 7.73. The molecule has 1 saturated heterocycles. The van der Waals surface area contributed by atoms with Gasteiger partial charge in [0.2, 0.25) is 5.91 Å². The Kier molecular flexibility index (Phi) is 4.79. The van der Waals surface area contributed by atoms with Crippen LogP contribution in [0.3, 0.4) is 0 Å². The van der Waals surface area contributed by atoms with E-state index in [-0.39, 0.29) is 11.6 Å². The van der Waals surface area contributed by atoms with Gasteiger partial charge in [-0.05, 0) is 25.1 Å². The van der Waals surface area contributed by atoms with Crippen LogP contribution < -0.4 is 10.6 Å². The molecule has 3 rings (SSSR count). The molecule has 0 aliphatic carbocycles. The molecule has 1 aliphatic rings. The highest BCUT2D eigenvalue weighted by atomic mass is 35.5. The van der Waals surface area contributed by atoms with E-state index in [0.29, 0.717) is 17.2 Å². The second-order valence-electron chi connectivity index (χ2n) is 6.02. The highest BCUT2D eigenvalue weighted by Crippen LogP contribution is 2.32. The van der Waals surface area contributed by atoms with Gasteiger partial charge < -0.3 is 15.1 Å². The molecule has 2 aromatic heterocycles. The third-order valence-corrected chi connectivity index (χ3v) is 4.31. The van der Waals surface area contributed by atoms with Crippen LogP contribution in [0.2, 0.25) is 5.02 Å². The molecule has 1 aliphatic heterocycles. The number of furan rings is 1. The molecule has 0 aromatic carbocycles. The second kappa shape index (κ2) is 6.82. The number of nitrogens with zero attached hydrogens (tertiary/aromatic N) is 2. The van der Waals surface area contributed by atoms with Gasteiger partial charge in [0.05, 0.1) is 16.8 Å². The lowest BCUT2D eigenvalue weighted by Crippen LogP contribution is -2.41. The summed E-state index contributed by atoms with van der Waals surface area (Å²) in [6.07, 6.45) is -2.81. The lowest BCUT2D eigenvalue weighted by molar-refractivity contribution is -0.137. The summed E-state index contributed by atoms with van der Waals surface area (Å²) in [6.45, 7) is 0.720. The number of urea groups is 1. The largest absolute Gasteiger partial charge is 0.466 e. The van der Waals surface area contributed by atoms with Gasteiger partial charge in [-0.3, -0.25) is 14.5 Å². The number of halogens is 4. The van der Waals surface area contributed by atoms with Gasteiger partial charge in [0.25, 0.3) is 5.91 Å². The zero-order valence-corrected chi connectivity index (χ0v) is 14.9. The van der Waals surface area contributed by atoms with Crippen molar-refractivity contribution in [1.82, 2.24) is 15.2 Å². The summed E-state index contributed by atoms with van der Waals surface area (Å²) in [4.78, 5) is 41.0. The van der Waals surface area contributed by atoms with Gasteiger partial charge >= 0.3 is 12.2 Å². The number of anilines is 1. The molecule has 28 heavy (non-hydrogen) atoms. The molecule has 148 valence electrons. The van der Waals surface area contributed by atoms with Crippen LogP contribution in [0.15, 0.2) is 35.1 Å². The number of carbonyl (C=O) groups excluding carboxylic acids is 3. The molecule has 2 N–H and O–H groups in total. The van der Waals surface area contributed by atoms with E-state index >= 15 is 0 Å². The Morgan fingerprint density at radius 2 is 2.14 bits per heavy atom. The van der Waals surface area contributed by atoms with E-state index in [2.05, 4.69) is 15.6 Å². The fourth-order valence-corrected chi connectivity index (χ4v) is 2.78. The minimum atomic E-state index is -4.64. The van der Waals surface area contributed by atoms with Crippen LogP contribution in [0.25, 0.3) is 0 Å². The van der Waals surface area contributed by atoms with E-state index in [0.717, 1.165) is 0 Å². The van der Waals surface area contributed by atoms with E-state index in [4.69, 9.17) is 16.0 Å². The number of amides is 4. The van der Waals surface area contributed by atoms with Gasteiger partial charge in [-0.15, -0.1) is 0 Å². The van der Waals surface area contributed by atoms with Gasteiger partial charge in [-0.2, -0.15) is 13.2 Å².